The van der Waals surface area contributed by atoms with Gasteiger partial charge in [0.15, 0.2) is 0 Å². The number of carbonyl (C=O) groups excluding carboxylic acids is 3. The Labute approximate surface area is 181 Å². The number of carbonyl (C=O) groups is 3. The maximum Gasteiger partial charge on any atom is 0.281 e. The van der Waals surface area contributed by atoms with E-state index in [1.54, 1.807) is 49.6 Å². The molecule has 1 saturated carbocycles. The van der Waals surface area contributed by atoms with Crippen molar-refractivity contribution >= 4 is 56.4 Å². The number of hydrogen-bond donors (Lipinski definition) is 3. The average Bonchev–Trinajstić information content (AvgIpc) is 3.56. The lowest BCUT2D eigenvalue weighted by molar-refractivity contribution is -0.117. The second-order valence-electron chi connectivity index (χ2n) is 6.86. The first-order valence-corrected chi connectivity index (χ1v) is 10.4. The third-order valence-electron chi connectivity index (χ3n) is 4.70. The molecule has 9 heteroatoms. The molecule has 1 heterocycles. The van der Waals surface area contributed by atoms with Crippen molar-refractivity contribution in [3.05, 3.63) is 57.9 Å². The second-order valence-corrected chi connectivity index (χ2v) is 8.29. The van der Waals surface area contributed by atoms with Gasteiger partial charge in [0.25, 0.3) is 11.8 Å². The molecule has 3 N–H and O–H groups in total. The van der Waals surface area contributed by atoms with Gasteiger partial charge in [-0.05, 0) is 55.3 Å². The lowest BCUT2D eigenvalue weighted by Crippen LogP contribution is -2.41. The molecule has 0 saturated heterocycles. The molecule has 3 amide bonds. The highest BCUT2D eigenvalue weighted by Gasteiger charge is 2.29. The number of amides is 3. The van der Waals surface area contributed by atoms with Crippen LogP contribution in [0.4, 0.5) is 5.69 Å². The zero-order valence-corrected chi connectivity index (χ0v) is 17.5. The van der Waals surface area contributed by atoms with Crippen LogP contribution >= 0.6 is 22.9 Å². The summed E-state index contributed by atoms with van der Waals surface area (Å²) in [5, 5.41) is 3.86. The van der Waals surface area contributed by atoms with Gasteiger partial charge in [-0.2, -0.15) is 0 Å². The minimum atomic E-state index is -0.512. The summed E-state index contributed by atoms with van der Waals surface area (Å²) in [5.41, 5.74) is 5.73. The van der Waals surface area contributed by atoms with Gasteiger partial charge in [-0.25, -0.2) is 0 Å². The van der Waals surface area contributed by atoms with Crippen LogP contribution in [-0.2, 0) is 4.79 Å². The van der Waals surface area contributed by atoms with Crippen LogP contribution in [0.1, 0.15) is 32.9 Å². The van der Waals surface area contributed by atoms with E-state index in [1.807, 2.05) is 0 Å². The summed E-state index contributed by atoms with van der Waals surface area (Å²) in [6, 6.07) is 11.8. The van der Waals surface area contributed by atoms with Crippen LogP contribution in [0, 0.1) is 5.92 Å². The largest absolute Gasteiger partial charge is 0.497 e. The van der Waals surface area contributed by atoms with Gasteiger partial charge in [0, 0.05) is 27.3 Å². The van der Waals surface area contributed by atoms with E-state index >= 15 is 0 Å². The Hall–Kier alpha value is -3.10. The summed E-state index contributed by atoms with van der Waals surface area (Å²) in [5.74, 6) is -0.233. The molecular weight excluding hydrogens is 426 g/mol. The van der Waals surface area contributed by atoms with E-state index in [1.165, 1.54) is 11.3 Å². The van der Waals surface area contributed by atoms with Gasteiger partial charge in [0.2, 0.25) is 5.91 Å². The molecule has 1 aromatic heterocycles. The van der Waals surface area contributed by atoms with Crippen molar-refractivity contribution in [1.29, 1.82) is 0 Å². The number of benzene rings is 2. The fourth-order valence-electron chi connectivity index (χ4n) is 2.86. The van der Waals surface area contributed by atoms with Crippen molar-refractivity contribution < 1.29 is 19.1 Å². The summed E-state index contributed by atoms with van der Waals surface area (Å²) in [6.45, 7) is 0. The quantitative estimate of drug-likeness (QED) is 0.519. The number of rotatable bonds is 5. The number of anilines is 1. The van der Waals surface area contributed by atoms with Gasteiger partial charge in [0.1, 0.15) is 10.6 Å². The average molecular weight is 444 g/mol. The van der Waals surface area contributed by atoms with E-state index in [0.29, 0.717) is 26.9 Å². The highest BCUT2D eigenvalue weighted by atomic mass is 35.5. The minimum absolute atomic E-state index is 0.00250. The molecular formula is C21H18ClN3O4S. The molecule has 0 spiro atoms. The zero-order chi connectivity index (χ0) is 21.3. The molecule has 30 heavy (non-hydrogen) atoms. The lowest BCUT2D eigenvalue weighted by atomic mass is 10.2. The third-order valence-corrected chi connectivity index (χ3v) is 6.35. The molecule has 1 fully saturated rings. The van der Waals surface area contributed by atoms with Gasteiger partial charge in [-0.3, -0.25) is 25.2 Å². The van der Waals surface area contributed by atoms with Crippen molar-refractivity contribution in [2.24, 2.45) is 5.92 Å². The van der Waals surface area contributed by atoms with E-state index in [4.69, 9.17) is 16.3 Å². The first-order chi connectivity index (χ1) is 14.5. The second kappa shape index (κ2) is 8.33. The first-order valence-electron chi connectivity index (χ1n) is 9.24. The Kier molecular flexibility index (Phi) is 5.61. The van der Waals surface area contributed by atoms with Crippen molar-refractivity contribution in [2.45, 2.75) is 12.8 Å². The number of thiophene rings is 1. The molecule has 0 bridgehead atoms. The number of methoxy groups -OCH3 is 1. The van der Waals surface area contributed by atoms with Crippen LogP contribution in [0.25, 0.3) is 10.1 Å². The summed E-state index contributed by atoms with van der Waals surface area (Å²) in [7, 11) is 1.56. The fraction of sp³-hybridized carbons (Fsp3) is 0.190. The van der Waals surface area contributed by atoms with Gasteiger partial charge in [-0.1, -0.05) is 11.6 Å². The SMILES string of the molecule is COc1ccc2c(Cl)c(C(=O)NNC(=O)c3ccc(NC(=O)C4CC4)cc3)sc2c1. The normalized spacial score (nSPS) is 13.0. The Morgan fingerprint density at radius 2 is 1.73 bits per heavy atom. The molecule has 0 atom stereocenters. The molecule has 2 aromatic carbocycles. The molecule has 0 radical (unpaired) electrons. The molecule has 0 unspecified atom stereocenters. The van der Waals surface area contributed by atoms with Crippen molar-refractivity contribution in [2.75, 3.05) is 12.4 Å². The van der Waals surface area contributed by atoms with E-state index in [-0.39, 0.29) is 11.8 Å². The number of hydrazine groups is 1. The maximum atomic E-state index is 12.5. The molecule has 3 aromatic rings. The van der Waals surface area contributed by atoms with Gasteiger partial charge in [-0.15, -0.1) is 11.3 Å². The van der Waals surface area contributed by atoms with Crippen LogP contribution < -0.4 is 20.9 Å². The molecule has 0 aliphatic heterocycles. The standard InChI is InChI=1S/C21H18ClN3O4S/c1-29-14-8-9-15-16(10-14)30-18(17(15)22)21(28)25-24-20(27)12-4-6-13(7-5-12)23-19(26)11-2-3-11/h4-11H,2-3H2,1H3,(H,23,26)(H,24,27)(H,25,28). The van der Waals surface area contributed by atoms with E-state index in [0.717, 1.165) is 22.9 Å². The highest BCUT2D eigenvalue weighted by Crippen LogP contribution is 2.37. The van der Waals surface area contributed by atoms with Crippen LogP contribution in [0.3, 0.4) is 0 Å². The minimum Gasteiger partial charge on any atom is -0.497 e. The third kappa shape index (κ3) is 4.24. The Balaban J connectivity index is 1.38. The molecule has 1 aliphatic carbocycles. The number of nitrogens with one attached hydrogen (secondary N) is 3. The summed E-state index contributed by atoms with van der Waals surface area (Å²) >= 11 is 7.54. The number of fused-ring (bicyclic) bond motifs is 1. The zero-order valence-electron chi connectivity index (χ0n) is 16.0. The predicted octanol–water partition coefficient (Wildman–Crippen LogP) is 3.99. The van der Waals surface area contributed by atoms with Crippen molar-refractivity contribution in [3.8, 4) is 5.75 Å². The predicted molar refractivity (Wildman–Crippen MR) is 116 cm³/mol. The van der Waals surface area contributed by atoms with E-state index < -0.39 is 11.8 Å². The number of ether oxygens (including phenoxy) is 1. The van der Waals surface area contributed by atoms with Crippen molar-refractivity contribution in [1.82, 2.24) is 10.9 Å². The van der Waals surface area contributed by atoms with Crippen molar-refractivity contribution in [3.63, 3.8) is 0 Å². The topological polar surface area (TPSA) is 96.5 Å². The molecule has 7 nitrogen and oxygen atoms in total. The molecule has 4 rings (SSSR count). The summed E-state index contributed by atoms with van der Waals surface area (Å²) in [6.07, 6.45) is 1.84. The Bertz CT molecular complexity index is 1140. The van der Waals surface area contributed by atoms with E-state index in [9.17, 15) is 14.4 Å². The summed E-state index contributed by atoms with van der Waals surface area (Å²) in [4.78, 5) is 36.9. The lowest BCUT2D eigenvalue weighted by Gasteiger charge is -2.08. The first kappa shape index (κ1) is 20.2. The summed E-state index contributed by atoms with van der Waals surface area (Å²) < 4.78 is 5.99. The molecule has 1 aliphatic rings. The van der Waals surface area contributed by atoms with Gasteiger partial charge >= 0.3 is 0 Å². The van der Waals surface area contributed by atoms with Gasteiger partial charge in [0.05, 0.1) is 12.1 Å². The van der Waals surface area contributed by atoms with Crippen LogP contribution in [-0.4, -0.2) is 24.8 Å². The smallest absolute Gasteiger partial charge is 0.281 e. The highest BCUT2D eigenvalue weighted by molar-refractivity contribution is 7.21. The van der Waals surface area contributed by atoms with Crippen LogP contribution in [0.5, 0.6) is 5.75 Å². The van der Waals surface area contributed by atoms with E-state index in [2.05, 4.69) is 16.2 Å². The monoisotopic (exact) mass is 443 g/mol. The number of hydrogen-bond acceptors (Lipinski definition) is 5. The Morgan fingerprint density at radius 1 is 1.03 bits per heavy atom. The van der Waals surface area contributed by atoms with Crippen LogP contribution in [0.2, 0.25) is 5.02 Å². The molecule has 154 valence electrons. The maximum absolute atomic E-state index is 12.5. The van der Waals surface area contributed by atoms with Gasteiger partial charge < -0.3 is 10.1 Å². The fourth-order valence-corrected chi connectivity index (χ4v) is 4.30. The number of halogens is 1. The Morgan fingerprint density at radius 3 is 2.40 bits per heavy atom. The van der Waals surface area contributed by atoms with Crippen LogP contribution in [0.15, 0.2) is 42.5 Å².